The molecule has 0 saturated carbocycles. The number of carbonyl (C=O) groups excluding carboxylic acids is 3. The number of imide groups is 1. The van der Waals surface area contributed by atoms with Gasteiger partial charge in [-0.1, -0.05) is 17.7 Å². The molecule has 0 radical (unpaired) electrons. The van der Waals surface area contributed by atoms with Crippen molar-refractivity contribution < 1.29 is 14.4 Å². The first-order valence-corrected chi connectivity index (χ1v) is 8.43. The van der Waals surface area contributed by atoms with Crippen molar-refractivity contribution in [1.82, 2.24) is 9.88 Å². The van der Waals surface area contributed by atoms with E-state index in [2.05, 4.69) is 10.3 Å². The molecule has 126 valence electrons. The van der Waals surface area contributed by atoms with E-state index in [-0.39, 0.29) is 11.4 Å². The minimum absolute atomic E-state index is 0.270. The van der Waals surface area contributed by atoms with Gasteiger partial charge in [-0.15, -0.1) is 0 Å². The second kappa shape index (κ2) is 7.50. The summed E-state index contributed by atoms with van der Waals surface area (Å²) in [4.78, 5) is 41.6. The van der Waals surface area contributed by atoms with Crippen LogP contribution in [0.5, 0.6) is 0 Å². The van der Waals surface area contributed by atoms with Gasteiger partial charge in [-0.3, -0.25) is 24.3 Å². The van der Waals surface area contributed by atoms with Gasteiger partial charge < -0.3 is 5.32 Å². The number of carbonyl (C=O) groups is 3. The summed E-state index contributed by atoms with van der Waals surface area (Å²) in [6, 6.07) is 10.1. The van der Waals surface area contributed by atoms with E-state index in [1.165, 1.54) is 0 Å². The molecule has 0 aliphatic carbocycles. The Kier molecular flexibility index (Phi) is 5.16. The Morgan fingerprint density at radius 2 is 2.00 bits per heavy atom. The summed E-state index contributed by atoms with van der Waals surface area (Å²) in [5.41, 5.74) is 1.25. The Bertz CT molecular complexity index is 870. The second-order valence-corrected chi connectivity index (χ2v) is 6.54. The van der Waals surface area contributed by atoms with Gasteiger partial charge in [0.1, 0.15) is 6.54 Å². The van der Waals surface area contributed by atoms with Crippen LogP contribution >= 0.6 is 23.4 Å². The van der Waals surface area contributed by atoms with Crippen molar-refractivity contribution in [3.63, 3.8) is 0 Å². The summed E-state index contributed by atoms with van der Waals surface area (Å²) in [7, 11) is 0. The first kappa shape index (κ1) is 17.2. The summed E-state index contributed by atoms with van der Waals surface area (Å²) in [5, 5.41) is 2.60. The topological polar surface area (TPSA) is 79.4 Å². The Balaban J connectivity index is 1.68. The van der Waals surface area contributed by atoms with E-state index in [1.54, 1.807) is 54.9 Å². The number of hydrogen-bond donors (Lipinski definition) is 1. The van der Waals surface area contributed by atoms with Crippen LogP contribution < -0.4 is 5.32 Å². The molecule has 1 aliphatic rings. The number of hydrogen-bond acceptors (Lipinski definition) is 5. The van der Waals surface area contributed by atoms with Crippen LogP contribution in [0.15, 0.2) is 53.7 Å². The van der Waals surface area contributed by atoms with Crippen molar-refractivity contribution in [3.8, 4) is 0 Å². The number of nitrogens with one attached hydrogen (secondary N) is 1. The lowest BCUT2D eigenvalue weighted by atomic mass is 10.2. The molecule has 1 aliphatic heterocycles. The molecule has 6 nitrogen and oxygen atoms in total. The molecule has 1 aromatic carbocycles. The minimum atomic E-state index is -0.493. The average molecular weight is 374 g/mol. The van der Waals surface area contributed by atoms with Crippen LogP contribution in [-0.4, -0.2) is 33.5 Å². The number of amides is 3. The predicted molar refractivity (Wildman–Crippen MR) is 97.0 cm³/mol. The molecule has 1 aromatic heterocycles. The molecule has 0 bridgehead atoms. The third-order valence-electron chi connectivity index (χ3n) is 3.29. The summed E-state index contributed by atoms with van der Waals surface area (Å²) < 4.78 is 0. The fraction of sp³-hybridized carbons (Fsp3) is 0.0588. The van der Waals surface area contributed by atoms with Gasteiger partial charge in [0.25, 0.3) is 11.1 Å². The number of halogens is 1. The Labute approximate surface area is 152 Å². The van der Waals surface area contributed by atoms with E-state index in [9.17, 15) is 14.4 Å². The monoisotopic (exact) mass is 373 g/mol. The maximum Gasteiger partial charge on any atom is 0.294 e. The van der Waals surface area contributed by atoms with E-state index < -0.39 is 17.1 Å². The fourth-order valence-corrected chi connectivity index (χ4v) is 3.19. The number of thioether (sulfide) groups is 1. The third-order valence-corrected chi connectivity index (χ3v) is 4.43. The number of nitrogens with zero attached hydrogens (tertiary/aromatic N) is 2. The number of pyridine rings is 1. The van der Waals surface area contributed by atoms with Crippen molar-refractivity contribution in [2.24, 2.45) is 0 Å². The van der Waals surface area contributed by atoms with Crippen molar-refractivity contribution in [1.29, 1.82) is 0 Å². The molecular formula is C17H12ClN3O3S. The van der Waals surface area contributed by atoms with Crippen LogP contribution in [0.25, 0.3) is 6.08 Å². The van der Waals surface area contributed by atoms with Crippen molar-refractivity contribution >= 4 is 52.2 Å². The molecule has 3 rings (SSSR count). The molecule has 2 aromatic rings. The molecule has 3 amide bonds. The van der Waals surface area contributed by atoms with Gasteiger partial charge >= 0.3 is 0 Å². The van der Waals surface area contributed by atoms with Crippen LogP contribution in [0.3, 0.4) is 0 Å². The van der Waals surface area contributed by atoms with Crippen LogP contribution in [0.4, 0.5) is 10.5 Å². The standard InChI is InChI=1S/C17H12ClN3O3S/c18-12-2-1-3-13(9-12)20-15(22)10-21-16(23)14(25-17(21)24)8-11-4-6-19-7-5-11/h1-9H,10H2,(H,20,22)/b14-8+. The second-order valence-electron chi connectivity index (χ2n) is 5.11. The predicted octanol–water partition coefficient (Wildman–Crippen LogP) is 3.41. The Hall–Kier alpha value is -2.64. The quantitative estimate of drug-likeness (QED) is 0.831. The van der Waals surface area contributed by atoms with Gasteiger partial charge in [-0.25, -0.2) is 0 Å². The number of anilines is 1. The lowest BCUT2D eigenvalue weighted by molar-refractivity contribution is -0.127. The largest absolute Gasteiger partial charge is 0.324 e. The zero-order valence-corrected chi connectivity index (χ0v) is 14.4. The zero-order valence-electron chi connectivity index (χ0n) is 12.8. The van der Waals surface area contributed by atoms with Crippen LogP contribution in [0, 0.1) is 0 Å². The Morgan fingerprint density at radius 3 is 2.72 bits per heavy atom. The van der Waals surface area contributed by atoms with E-state index in [1.807, 2.05) is 0 Å². The summed E-state index contributed by atoms with van der Waals surface area (Å²) >= 11 is 6.66. The van der Waals surface area contributed by atoms with Gasteiger partial charge in [0.15, 0.2) is 0 Å². The van der Waals surface area contributed by atoms with Crippen LogP contribution in [0.1, 0.15) is 5.56 Å². The first-order chi connectivity index (χ1) is 12.0. The van der Waals surface area contributed by atoms with E-state index >= 15 is 0 Å². The molecule has 1 N–H and O–H groups in total. The van der Waals surface area contributed by atoms with Gasteiger partial charge in [-0.2, -0.15) is 0 Å². The summed E-state index contributed by atoms with van der Waals surface area (Å²) in [5.74, 6) is -0.970. The van der Waals surface area contributed by atoms with Gasteiger partial charge in [0.2, 0.25) is 5.91 Å². The maximum absolute atomic E-state index is 12.4. The van der Waals surface area contributed by atoms with Crippen molar-refractivity contribution in [2.75, 3.05) is 11.9 Å². The SMILES string of the molecule is O=C(CN1C(=O)S/C(=C/c2ccncc2)C1=O)Nc1cccc(Cl)c1. The lowest BCUT2D eigenvalue weighted by Crippen LogP contribution is -2.36. The molecular weight excluding hydrogens is 362 g/mol. The average Bonchev–Trinajstić information content (AvgIpc) is 2.83. The highest BCUT2D eigenvalue weighted by molar-refractivity contribution is 8.18. The maximum atomic E-state index is 12.4. The molecule has 0 spiro atoms. The van der Waals surface area contributed by atoms with Gasteiger partial charge in [0.05, 0.1) is 4.91 Å². The molecule has 1 saturated heterocycles. The highest BCUT2D eigenvalue weighted by Crippen LogP contribution is 2.32. The van der Waals surface area contributed by atoms with Crippen molar-refractivity contribution in [3.05, 3.63) is 64.3 Å². The summed E-state index contributed by atoms with van der Waals surface area (Å²) in [6.07, 6.45) is 4.78. The van der Waals surface area contributed by atoms with Gasteiger partial charge in [-0.05, 0) is 53.7 Å². The van der Waals surface area contributed by atoms with Crippen LogP contribution in [-0.2, 0) is 9.59 Å². The number of rotatable bonds is 4. The third kappa shape index (κ3) is 4.26. The summed E-state index contributed by atoms with van der Waals surface area (Å²) in [6.45, 7) is -0.356. The molecule has 0 unspecified atom stereocenters. The van der Waals surface area contributed by atoms with Crippen LogP contribution in [0.2, 0.25) is 5.02 Å². The first-order valence-electron chi connectivity index (χ1n) is 7.24. The Morgan fingerprint density at radius 1 is 1.24 bits per heavy atom. The number of aromatic nitrogens is 1. The minimum Gasteiger partial charge on any atom is -0.324 e. The van der Waals surface area contributed by atoms with Crippen molar-refractivity contribution in [2.45, 2.75) is 0 Å². The highest BCUT2D eigenvalue weighted by Gasteiger charge is 2.36. The fourth-order valence-electron chi connectivity index (χ4n) is 2.16. The molecule has 0 atom stereocenters. The number of benzene rings is 1. The molecule has 25 heavy (non-hydrogen) atoms. The normalized spacial score (nSPS) is 15.7. The lowest BCUT2D eigenvalue weighted by Gasteiger charge is -2.12. The highest BCUT2D eigenvalue weighted by atomic mass is 35.5. The smallest absolute Gasteiger partial charge is 0.294 e. The molecule has 8 heteroatoms. The van der Waals surface area contributed by atoms with E-state index in [0.29, 0.717) is 10.7 Å². The van der Waals surface area contributed by atoms with E-state index in [0.717, 1.165) is 22.2 Å². The molecule has 1 fully saturated rings. The van der Waals surface area contributed by atoms with E-state index in [4.69, 9.17) is 11.6 Å². The zero-order chi connectivity index (χ0) is 17.8. The van der Waals surface area contributed by atoms with Gasteiger partial charge in [0, 0.05) is 23.1 Å². The molecule has 2 heterocycles.